The Bertz CT molecular complexity index is 814. The molecule has 9 heteroatoms. The molecule has 0 bridgehead atoms. The SMILES string of the molecule is O=C(NCCSC1CCCC1)C1CCCN(S(=O)(=O)Cc2ccc(Cl)c(Cl)c2)C1. The van der Waals surface area contributed by atoms with E-state index < -0.39 is 10.0 Å². The number of benzene rings is 1. The van der Waals surface area contributed by atoms with E-state index in [0.29, 0.717) is 35.1 Å². The lowest BCUT2D eigenvalue weighted by molar-refractivity contribution is -0.125. The molecule has 0 aromatic heterocycles. The van der Waals surface area contributed by atoms with Gasteiger partial charge in [0.25, 0.3) is 0 Å². The van der Waals surface area contributed by atoms with Crippen LogP contribution < -0.4 is 5.32 Å². The first kappa shape index (κ1) is 23.2. The Hall–Kier alpha value is -0.470. The predicted octanol–water partition coefficient (Wildman–Crippen LogP) is 4.33. The molecule has 1 aliphatic heterocycles. The number of amides is 1. The lowest BCUT2D eigenvalue weighted by atomic mass is 9.99. The molecule has 29 heavy (non-hydrogen) atoms. The van der Waals surface area contributed by atoms with Crippen LogP contribution in [0.1, 0.15) is 44.1 Å². The molecule has 1 unspecified atom stereocenters. The minimum absolute atomic E-state index is 0.0357. The number of carbonyl (C=O) groups is 1. The summed E-state index contributed by atoms with van der Waals surface area (Å²) in [5.41, 5.74) is 0.593. The summed E-state index contributed by atoms with van der Waals surface area (Å²) in [7, 11) is -3.52. The number of halogens is 2. The van der Waals surface area contributed by atoms with Gasteiger partial charge in [0.15, 0.2) is 0 Å². The Morgan fingerprint density at radius 2 is 1.90 bits per heavy atom. The highest BCUT2D eigenvalue weighted by molar-refractivity contribution is 7.99. The van der Waals surface area contributed by atoms with E-state index in [0.717, 1.165) is 17.4 Å². The van der Waals surface area contributed by atoms with Gasteiger partial charge in [0.2, 0.25) is 15.9 Å². The number of carbonyl (C=O) groups excluding carboxylic acids is 1. The van der Waals surface area contributed by atoms with Crippen molar-refractivity contribution < 1.29 is 13.2 Å². The third kappa shape index (κ3) is 6.76. The maximum atomic E-state index is 12.8. The fourth-order valence-electron chi connectivity index (χ4n) is 3.94. The normalized spacial score (nSPS) is 21.4. The fourth-order valence-corrected chi connectivity index (χ4v) is 7.08. The highest BCUT2D eigenvalue weighted by Crippen LogP contribution is 2.29. The highest BCUT2D eigenvalue weighted by Gasteiger charge is 2.32. The van der Waals surface area contributed by atoms with E-state index in [9.17, 15) is 13.2 Å². The largest absolute Gasteiger partial charge is 0.355 e. The summed E-state index contributed by atoms with van der Waals surface area (Å²) in [6.07, 6.45) is 6.62. The highest BCUT2D eigenvalue weighted by atomic mass is 35.5. The zero-order valence-corrected chi connectivity index (χ0v) is 19.6. The smallest absolute Gasteiger partial charge is 0.224 e. The Balaban J connectivity index is 1.49. The number of hydrogen-bond acceptors (Lipinski definition) is 4. The topological polar surface area (TPSA) is 66.5 Å². The van der Waals surface area contributed by atoms with Crippen molar-refractivity contribution >= 4 is 50.9 Å². The molecular formula is C20H28Cl2N2O3S2. The van der Waals surface area contributed by atoms with Gasteiger partial charge < -0.3 is 5.32 Å². The minimum Gasteiger partial charge on any atom is -0.355 e. The van der Waals surface area contributed by atoms with Crippen LogP contribution in [0.4, 0.5) is 0 Å². The Kier molecular flexibility index (Phi) is 8.57. The average molecular weight is 479 g/mol. The first-order chi connectivity index (χ1) is 13.8. The number of hydrogen-bond donors (Lipinski definition) is 1. The van der Waals surface area contributed by atoms with Gasteiger partial charge in [-0.1, -0.05) is 42.1 Å². The average Bonchev–Trinajstić information content (AvgIpc) is 3.21. The lowest BCUT2D eigenvalue weighted by Crippen LogP contribution is -2.46. The van der Waals surface area contributed by atoms with Crippen LogP contribution in [0.2, 0.25) is 10.0 Å². The van der Waals surface area contributed by atoms with Crippen LogP contribution in [0.15, 0.2) is 18.2 Å². The van der Waals surface area contributed by atoms with Crippen molar-refractivity contribution in [2.75, 3.05) is 25.4 Å². The van der Waals surface area contributed by atoms with Crippen molar-refractivity contribution in [3.05, 3.63) is 33.8 Å². The molecular weight excluding hydrogens is 451 g/mol. The fraction of sp³-hybridized carbons (Fsp3) is 0.650. The van der Waals surface area contributed by atoms with Crippen LogP contribution in [0.3, 0.4) is 0 Å². The van der Waals surface area contributed by atoms with Gasteiger partial charge in [0.1, 0.15) is 0 Å². The van der Waals surface area contributed by atoms with Gasteiger partial charge in [-0.3, -0.25) is 4.79 Å². The quantitative estimate of drug-likeness (QED) is 0.564. The van der Waals surface area contributed by atoms with Crippen molar-refractivity contribution in [3.8, 4) is 0 Å². The maximum Gasteiger partial charge on any atom is 0.224 e. The molecule has 5 nitrogen and oxygen atoms in total. The van der Waals surface area contributed by atoms with E-state index >= 15 is 0 Å². The number of nitrogens with zero attached hydrogens (tertiary/aromatic N) is 1. The second-order valence-corrected chi connectivity index (χ2v) is 12.0. The molecule has 1 aromatic carbocycles. The number of sulfonamides is 1. The van der Waals surface area contributed by atoms with Crippen LogP contribution in [-0.4, -0.2) is 49.3 Å². The van der Waals surface area contributed by atoms with Gasteiger partial charge >= 0.3 is 0 Å². The Labute approximate surface area is 187 Å². The molecule has 2 fully saturated rings. The van der Waals surface area contributed by atoms with Crippen LogP contribution >= 0.6 is 35.0 Å². The molecule has 162 valence electrons. The summed E-state index contributed by atoms with van der Waals surface area (Å²) in [4.78, 5) is 12.5. The monoisotopic (exact) mass is 478 g/mol. The van der Waals surface area contributed by atoms with Crippen LogP contribution in [0.25, 0.3) is 0 Å². The van der Waals surface area contributed by atoms with Crippen LogP contribution in [-0.2, 0) is 20.6 Å². The summed E-state index contributed by atoms with van der Waals surface area (Å²) in [6, 6.07) is 4.85. The summed E-state index contributed by atoms with van der Waals surface area (Å²) < 4.78 is 27.1. The van der Waals surface area contributed by atoms with Crippen LogP contribution in [0, 0.1) is 5.92 Å². The van der Waals surface area contributed by atoms with E-state index in [2.05, 4.69) is 5.32 Å². The third-order valence-electron chi connectivity index (χ3n) is 5.54. The van der Waals surface area contributed by atoms with Gasteiger partial charge in [-0.05, 0) is 43.4 Å². The zero-order valence-electron chi connectivity index (χ0n) is 16.4. The number of piperidine rings is 1. The van der Waals surface area contributed by atoms with Gasteiger partial charge in [-0.15, -0.1) is 0 Å². The van der Waals surface area contributed by atoms with E-state index in [1.807, 2.05) is 11.8 Å². The zero-order chi connectivity index (χ0) is 20.9. The first-order valence-electron chi connectivity index (χ1n) is 10.2. The summed E-state index contributed by atoms with van der Waals surface area (Å²) >= 11 is 13.8. The van der Waals surface area contributed by atoms with Crippen molar-refractivity contribution in [1.82, 2.24) is 9.62 Å². The van der Waals surface area contributed by atoms with Gasteiger partial charge in [-0.25, -0.2) is 12.7 Å². The summed E-state index contributed by atoms with van der Waals surface area (Å²) in [5, 5.41) is 4.47. The second-order valence-electron chi connectivity index (χ2n) is 7.77. The molecule has 1 amide bonds. The third-order valence-corrected chi connectivity index (χ3v) is 9.48. The lowest BCUT2D eigenvalue weighted by Gasteiger charge is -2.31. The molecule has 1 aliphatic carbocycles. The van der Waals surface area contributed by atoms with Crippen molar-refractivity contribution in [2.45, 2.75) is 49.5 Å². The van der Waals surface area contributed by atoms with Crippen molar-refractivity contribution in [3.63, 3.8) is 0 Å². The summed E-state index contributed by atoms with van der Waals surface area (Å²) in [6.45, 7) is 1.34. The molecule has 1 atom stereocenters. The molecule has 3 rings (SSSR count). The summed E-state index contributed by atoms with van der Waals surface area (Å²) in [5.74, 6) is 0.453. The number of rotatable bonds is 8. The van der Waals surface area contributed by atoms with E-state index in [-0.39, 0.29) is 24.1 Å². The molecule has 1 aromatic rings. The van der Waals surface area contributed by atoms with Crippen molar-refractivity contribution in [1.29, 1.82) is 0 Å². The van der Waals surface area contributed by atoms with Gasteiger partial charge in [0, 0.05) is 30.6 Å². The van der Waals surface area contributed by atoms with E-state index in [4.69, 9.17) is 23.2 Å². The molecule has 0 radical (unpaired) electrons. The Morgan fingerprint density at radius 3 is 2.62 bits per heavy atom. The molecule has 2 aliphatic rings. The number of nitrogens with one attached hydrogen (secondary N) is 1. The number of thioether (sulfide) groups is 1. The van der Waals surface area contributed by atoms with E-state index in [1.54, 1.807) is 18.2 Å². The maximum absolute atomic E-state index is 12.8. The van der Waals surface area contributed by atoms with Gasteiger partial charge in [0.05, 0.1) is 21.7 Å². The first-order valence-corrected chi connectivity index (χ1v) is 13.6. The standard InChI is InChI=1S/C20H28Cl2N2O3S2/c21-18-8-7-15(12-19(18)22)14-29(26,27)24-10-3-4-16(13-24)20(25)23-9-11-28-17-5-1-2-6-17/h7-8,12,16-17H,1-6,9-11,13-14H2,(H,23,25). The van der Waals surface area contributed by atoms with Crippen LogP contribution in [0.5, 0.6) is 0 Å². The predicted molar refractivity (Wildman–Crippen MR) is 121 cm³/mol. The molecule has 1 N–H and O–H groups in total. The second kappa shape index (κ2) is 10.7. The minimum atomic E-state index is -3.52. The molecule has 1 saturated carbocycles. The molecule has 1 heterocycles. The molecule has 1 saturated heterocycles. The van der Waals surface area contributed by atoms with E-state index in [1.165, 1.54) is 30.0 Å². The van der Waals surface area contributed by atoms with Crippen molar-refractivity contribution in [2.24, 2.45) is 5.92 Å². The molecule has 0 spiro atoms. The van der Waals surface area contributed by atoms with Gasteiger partial charge in [-0.2, -0.15) is 11.8 Å². The Morgan fingerprint density at radius 1 is 1.14 bits per heavy atom.